The fourth-order valence-electron chi connectivity index (χ4n) is 3.47. The maximum atomic E-state index is 12.4. The second-order valence-electron chi connectivity index (χ2n) is 7.78. The van der Waals surface area contributed by atoms with Gasteiger partial charge in [0.05, 0.1) is 29.0 Å². The average Bonchev–Trinajstić information content (AvgIpc) is 2.79. The summed E-state index contributed by atoms with van der Waals surface area (Å²) in [6.45, 7) is 6.73. The topological polar surface area (TPSA) is 91.2 Å². The van der Waals surface area contributed by atoms with Crippen molar-refractivity contribution in [3.05, 3.63) is 70.3 Å². The number of amides is 2. The molecule has 2 aromatic rings. The van der Waals surface area contributed by atoms with E-state index in [0.29, 0.717) is 28.8 Å². The van der Waals surface area contributed by atoms with Gasteiger partial charge in [0.15, 0.2) is 0 Å². The molecule has 2 amide bonds. The van der Waals surface area contributed by atoms with Crippen molar-refractivity contribution in [1.82, 2.24) is 5.32 Å². The van der Waals surface area contributed by atoms with Gasteiger partial charge < -0.3 is 15.4 Å². The fourth-order valence-corrected chi connectivity index (χ4v) is 4.34. The first-order valence-electron chi connectivity index (χ1n) is 10.6. The van der Waals surface area contributed by atoms with Gasteiger partial charge in [-0.3, -0.25) is 9.59 Å². The first-order valence-corrected chi connectivity index (χ1v) is 11.6. The molecule has 7 heteroatoms. The van der Waals surface area contributed by atoms with Crippen LogP contribution in [0.4, 0.5) is 5.69 Å². The Morgan fingerprint density at radius 2 is 1.91 bits per heavy atom. The zero-order valence-corrected chi connectivity index (χ0v) is 19.3. The number of rotatable bonds is 8. The van der Waals surface area contributed by atoms with Crippen molar-refractivity contribution in [2.75, 3.05) is 17.7 Å². The predicted octanol–water partition coefficient (Wildman–Crippen LogP) is 4.92. The lowest BCUT2D eigenvalue weighted by Crippen LogP contribution is -2.31. The van der Waals surface area contributed by atoms with Gasteiger partial charge in [0.25, 0.3) is 0 Å². The smallest absolute Gasteiger partial charge is 0.234 e. The summed E-state index contributed by atoms with van der Waals surface area (Å²) in [7, 11) is 0. The summed E-state index contributed by atoms with van der Waals surface area (Å²) >= 11 is 1.17. The van der Waals surface area contributed by atoms with E-state index in [1.54, 1.807) is 24.3 Å². The van der Waals surface area contributed by atoms with Crippen LogP contribution in [0, 0.1) is 11.3 Å². The number of nitriles is 1. The monoisotopic (exact) mass is 449 g/mol. The van der Waals surface area contributed by atoms with Crippen LogP contribution in [0.25, 0.3) is 0 Å². The number of thioether (sulfide) groups is 1. The van der Waals surface area contributed by atoms with Crippen LogP contribution >= 0.6 is 11.8 Å². The lowest BCUT2D eigenvalue weighted by molar-refractivity contribution is -0.121. The molecule has 1 atom stereocenters. The van der Waals surface area contributed by atoms with E-state index in [2.05, 4.69) is 30.6 Å². The van der Waals surface area contributed by atoms with Gasteiger partial charge in [-0.05, 0) is 48.2 Å². The van der Waals surface area contributed by atoms with Crippen molar-refractivity contribution in [2.45, 2.75) is 39.0 Å². The van der Waals surface area contributed by atoms with E-state index in [1.807, 2.05) is 31.2 Å². The van der Waals surface area contributed by atoms with Crippen molar-refractivity contribution in [1.29, 1.82) is 5.26 Å². The molecular weight excluding hydrogens is 422 g/mol. The SMILES string of the molecule is CCOc1ccc(NC(=O)CSC2=C(C#N)[C@H](c3ccc(C(C)C)cc3)CC(=O)N2)cc1. The van der Waals surface area contributed by atoms with Gasteiger partial charge in [0.2, 0.25) is 11.8 Å². The van der Waals surface area contributed by atoms with Crippen LogP contribution in [0.1, 0.15) is 50.2 Å². The third-order valence-corrected chi connectivity index (χ3v) is 6.18. The second kappa shape index (κ2) is 10.9. The number of hydrogen-bond acceptors (Lipinski definition) is 5. The molecule has 32 heavy (non-hydrogen) atoms. The van der Waals surface area contributed by atoms with E-state index in [9.17, 15) is 14.9 Å². The van der Waals surface area contributed by atoms with Crippen LogP contribution < -0.4 is 15.4 Å². The molecule has 0 spiro atoms. The average molecular weight is 450 g/mol. The van der Waals surface area contributed by atoms with Gasteiger partial charge in [-0.15, -0.1) is 0 Å². The minimum atomic E-state index is -0.313. The van der Waals surface area contributed by atoms with Gasteiger partial charge in [-0.2, -0.15) is 5.26 Å². The van der Waals surface area contributed by atoms with Crippen LogP contribution in [0.5, 0.6) is 5.75 Å². The Balaban J connectivity index is 1.69. The Labute approximate surface area is 193 Å². The number of hydrogen-bond donors (Lipinski definition) is 2. The first kappa shape index (κ1) is 23.4. The van der Waals surface area contributed by atoms with E-state index in [-0.39, 0.29) is 29.9 Å². The molecule has 0 bridgehead atoms. The van der Waals surface area contributed by atoms with Gasteiger partial charge in [-0.25, -0.2) is 0 Å². The van der Waals surface area contributed by atoms with Crippen molar-refractivity contribution in [2.24, 2.45) is 0 Å². The van der Waals surface area contributed by atoms with E-state index in [0.717, 1.165) is 11.3 Å². The van der Waals surface area contributed by atoms with E-state index in [1.165, 1.54) is 17.3 Å². The Bertz CT molecular complexity index is 1040. The molecule has 6 nitrogen and oxygen atoms in total. The lowest BCUT2D eigenvalue weighted by atomic mass is 9.86. The largest absolute Gasteiger partial charge is 0.494 e. The molecule has 1 aliphatic rings. The van der Waals surface area contributed by atoms with E-state index < -0.39 is 0 Å². The summed E-state index contributed by atoms with van der Waals surface area (Å²) in [6, 6.07) is 17.4. The maximum Gasteiger partial charge on any atom is 0.234 e. The Morgan fingerprint density at radius 3 is 2.50 bits per heavy atom. The summed E-state index contributed by atoms with van der Waals surface area (Å²) in [5, 5.41) is 15.8. The van der Waals surface area contributed by atoms with Crippen molar-refractivity contribution in [3.8, 4) is 11.8 Å². The molecule has 0 saturated heterocycles. The van der Waals surface area contributed by atoms with Crippen LogP contribution in [0.2, 0.25) is 0 Å². The highest BCUT2D eigenvalue weighted by Crippen LogP contribution is 2.36. The summed E-state index contributed by atoms with van der Waals surface area (Å²) < 4.78 is 5.40. The molecule has 0 radical (unpaired) electrons. The van der Waals surface area contributed by atoms with Crippen LogP contribution in [0.15, 0.2) is 59.1 Å². The molecule has 3 rings (SSSR count). The molecule has 0 saturated carbocycles. The van der Waals surface area contributed by atoms with Crippen LogP contribution in [0.3, 0.4) is 0 Å². The number of nitrogens with one attached hydrogen (secondary N) is 2. The Kier molecular flexibility index (Phi) is 7.96. The standard InChI is InChI=1S/C25H27N3O3S/c1-4-31-20-11-9-19(10-12-20)27-24(30)15-32-25-22(14-26)21(13-23(29)28-25)18-7-5-17(6-8-18)16(2)3/h5-12,16,21H,4,13,15H2,1-3H3,(H,27,30)(H,28,29)/t21-/m0/s1. The highest BCUT2D eigenvalue weighted by atomic mass is 32.2. The quantitative estimate of drug-likeness (QED) is 0.597. The molecule has 0 fully saturated rings. The van der Waals surface area contributed by atoms with Crippen molar-refractivity contribution in [3.63, 3.8) is 0 Å². The van der Waals surface area contributed by atoms with Crippen molar-refractivity contribution >= 4 is 29.3 Å². The third-order valence-electron chi connectivity index (χ3n) is 5.16. The number of nitrogens with zero attached hydrogens (tertiary/aromatic N) is 1. The zero-order chi connectivity index (χ0) is 23.1. The summed E-state index contributed by atoms with van der Waals surface area (Å²) in [5.74, 6) is 0.530. The van der Waals surface area contributed by atoms with Crippen LogP contribution in [-0.2, 0) is 9.59 Å². The number of carbonyl (C=O) groups excluding carboxylic acids is 2. The summed E-state index contributed by atoms with van der Waals surface area (Å²) in [6.07, 6.45) is 0.215. The zero-order valence-electron chi connectivity index (χ0n) is 18.5. The number of allylic oxidation sites excluding steroid dienone is 1. The minimum Gasteiger partial charge on any atom is -0.494 e. The second-order valence-corrected chi connectivity index (χ2v) is 8.76. The maximum absolute atomic E-state index is 12.4. The molecular formula is C25H27N3O3S. The number of carbonyl (C=O) groups is 2. The normalized spacial score (nSPS) is 15.8. The van der Waals surface area contributed by atoms with Gasteiger partial charge in [0.1, 0.15) is 5.75 Å². The molecule has 1 heterocycles. The number of ether oxygens (including phenoxy) is 1. The highest BCUT2D eigenvalue weighted by molar-refractivity contribution is 8.03. The Morgan fingerprint density at radius 1 is 1.22 bits per heavy atom. The first-order chi connectivity index (χ1) is 15.4. The third kappa shape index (κ3) is 5.92. The van der Waals surface area contributed by atoms with Gasteiger partial charge >= 0.3 is 0 Å². The Hall–Kier alpha value is -3.24. The molecule has 0 aromatic heterocycles. The molecule has 2 aromatic carbocycles. The minimum absolute atomic E-state index is 0.0764. The predicted molar refractivity (Wildman–Crippen MR) is 127 cm³/mol. The molecule has 1 aliphatic heterocycles. The summed E-state index contributed by atoms with van der Waals surface area (Å²) in [4.78, 5) is 24.7. The van der Waals surface area contributed by atoms with Gasteiger partial charge in [0, 0.05) is 18.0 Å². The van der Waals surface area contributed by atoms with E-state index >= 15 is 0 Å². The van der Waals surface area contributed by atoms with E-state index in [4.69, 9.17) is 4.74 Å². The highest BCUT2D eigenvalue weighted by Gasteiger charge is 2.30. The van der Waals surface area contributed by atoms with Crippen LogP contribution in [-0.4, -0.2) is 24.2 Å². The fraction of sp³-hybridized carbons (Fsp3) is 0.320. The molecule has 2 N–H and O–H groups in total. The number of benzene rings is 2. The molecule has 166 valence electrons. The lowest BCUT2D eigenvalue weighted by Gasteiger charge is -2.25. The number of anilines is 1. The van der Waals surface area contributed by atoms with Crippen molar-refractivity contribution < 1.29 is 14.3 Å². The summed E-state index contributed by atoms with van der Waals surface area (Å²) in [5.41, 5.74) is 3.28. The molecule has 0 unspecified atom stereocenters. The van der Waals surface area contributed by atoms with Gasteiger partial charge in [-0.1, -0.05) is 49.9 Å². The molecule has 0 aliphatic carbocycles.